The molecule has 8 atom stereocenters. The number of hydrogen-bond donors (Lipinski definition) is 4. The molecule has 8 unspecified atom stereocenters. The number of methoxy groups -OCH3 is 4. The summed E-state index contributed by atoms with van der Waals surface area (Å²) < 4.78 is 28.4. The van der Waals surface area contributed by atoms with Crippen molar-refractivity contribution in [2.45, 2.75) is 87.5 Å². The lowest BCUT2D eigenvalue weighted by Gasteiger charge is -2.54. The maximum atomic E-state index is 15.1. The van der Waals surface area contributed by atoms with Gasteiger partial charge in [0.15, 0.2) is 23.2 Å². The van der Waals surface area contributed by atoms with E-state index in [2.05, 4.69) is 4.99 Å². The summed E-state index contributed by atoms with van der Waals surface area (Å²) in [7, 11) is 4.82. The first kappa shape index (κ1) is 37.9. The average Bonchev–Trinajstić information content (AvgIpc) is 3.67. The second-order valence-electron chi connectivity index (χ2n) is 14.4. The molecule has 2 heterocycles. The van der Waals surface area contributed by atoms with Gasteiger partial charge < -0.3 is 49.0 Å². The Labute approximate surface area is 309 Å². The largest absolute Gasteiger partial charge is 0.507 e. The zero-order valence-electron chi connectivity index (χ0n) is 30.6. The van der Waals surface area contributed by atoms with Crippen molar-refractivity contribution in [3.8, 4) is 11.5 Å². The molecule has 0 aromatic heterocycles. The number of hydrogen-bond acceptors (Lipinski definition) is 15. The number of Topliss-reactive ketones (excluding diaryl/α,β-unsaturated/α-hetero) is 4. The zero-order chi connectivity index (χ0) is 39.2. The number of rotatable bonds is 6. The van der Waals surface area contributed by atoms with Gasteiger partial charge in [-0.15, -0.1) is 0 Å². The van der Waals surface area contributed by atoms with E-state index in [0.29, 0.717) is 18.7 Å². The molecule has 4 N–H and O–H groups in total. The van der Waals surface area contributed by atoms with E-state index in [9.17, 15) is 39.6 Å². The van der Waals surface area contributed by atoms with Gasteiger partial charge in [0.25, 0.3) is 5.91 Å². The number of benzene rings is 2. The monoisotopic (exact) mass is 750 g/mol. The summed E-state index contributed by atoms with van der Waals surface area (Å²) >= 11 is 0. The van der Waals surface area contributed by atoms with Crippen LogP contribution in [-0.4, -0.2) is 144 Å². The fraction of sp³-hybridized carbons (Fsp3) is 0.526. The molecular weight excluding hydrogens is 708 g/mol. The van der Waals surface area contributed by atoms with Gasteiger partial charge in [-0.25, -0.2) is 0 Å². The van der Waals surface area contributed by atoms with Crippen LogP contribution >= 0.6 is 0 Å². The van der Waals surface area contributed by atoms with Crippen LogP contribution in [0.25, 0.3) is 0 Å². The number of likely N-dealkylation sites (tertiary alicyclic amines) is 1. The number of aryl methyl sites for hydroxylation is 1. The van der Waals surface area contributed by atoms with Gasteiger partial charge in [0.1, 0.15) is 29.8 Å². The SMILES string of the molecule is COC1C(C)OC(N=C2CC(=O)c3c(cc4c(c3O)C(=O)C3(OC)C(O)Cc5cc(C)c(C(=O)N6CCCC6)c(O)c5C3(OC)C4=O)C2=O)C(OC)C1O. The smallest absolute Gasteiger partial charge is 0.257 e. The van der Waals surface area contributed by atoms with Crippen molar-refractivity contribution in [3.63, 3.8) is 0 Å². The number of aliphatic hydroxyl groups excluding tert-OH is 2. The molecule has 0 radical (unpaired) electrons. The van der Waals surface area contributed by atoms with Gasteiger partial charge in [-0.2, -0.15) is 0 Å². The number of ketones is 4. The first-order chi connectivity index (χ1) is 25.7. The van der Waals surface area contributed by atoms with Crippen LogP contribution < -0.4 is 0 Å². The number of nitrogens with zero attached hydrogens (tertiary/aromatic N) is 2. The molecule has 1 amide bonds. The second-order valence-corrected chi connectivity index (χ2v) is 14.4. The molecule has 16 heteroatoms. The number of aliphatic imine (C=N–C) groups is 1. The van der Waals surface area contributed by atoms with Gasteiger partial charge in [0.2, 0.25) is 17.3 Å². The van der Waals surface area contributed by atoms with Crippen LogP contribution in [-0.2, 0) is 35.7 Å². The first-order valence-corrected chi connectivity index (χ1v) is 17.6. The highest BCUT2D eigenvalue weighted by atomic mass is 16.6. The van der Waals surface area contributed by atoms with Gasteiger partial charge >= 0.3 is 0 Å². The van der Waals surface area contributed by atoms with Crippen molar-refractivity contribution < 1.29 is 68.1 Å². The lowest BCUT2D eigenvalue weighted by molar-refractivity contribution is -0.228. The minimum Gasteiger partial charge on any atom is -0.507 e. The fourth-order valence-corrected chi connectivity index (χ4v) is 9.20. The van der Waals surface area contributed by atoms with Crippen LogP contribution in [0.2, 0.25) is 0 Å². The Morgan fingerprint density at radius 2 is 1.57 bits per heavy atom. The van der Waals surface area contributed by atoms with E-state index in [1.807, 2.05) is 0 Å². The van der Waals surface area contributed by atoms with Crippen LogP contribution in [0.5, 0.6) is 11.5 Å². The summed E-state index contributed by atoms with van der Waals surface area (Å²) in [6.45, 7) is 4.13. The zero-order valence-corrected chi connectivity index (χ0v) is 30.6. The van der Waals surface area contributed by atoms with E-state index < -0.39 is 117 Å². The quantitative estimate of drug-likeness (QED) is 0.326. The molecule has 2 aromatic carbocycles. The molecular formula is C38H42N2O14. The summed E-state index contributed by atoms with van der Waals surface area (Å²) in [5, 5.41) is 46.3. The van der Waals surface area contributed by atoms with E-state index >= 15 is 4.79 Å². The number of amides is 1. The molecule has 0 bridgehead atoms. The highest BCUT2D eigenvalue weighted by Crippen LogP contribution is 2.58. The van der Waals surface area contributed by atoms with E-state index in [4.69, 9.17) is 23.7 Å². The van der Waals surface area contributed by atoms with Crippen molar-refractivity contribution in [1.29, 1.82) is 0 Å². The predicted octanol–water partition coefficient (Wildman–Crippen LogP) is 1.21. The van der Waals surface area contributed by atoms with E-state index in [1.54, 1.807) is 18.7 Å². The minimum absolute atomic E-state index is 0.120. The summed E-state index contributed by atoms with van der Waals surface area (Å²) in [6.07, 6.45) is -6.29. The Kier molecular flexibility index (Phi) is 9.40. The highest BCUT2D eigenvalue weighted by Gasteiger charge is 2.74. The Hall–Kier alpha value is -4.42. The fourth-order valence-electron chi connectivity index (χ4n) is 9.20. The second kappa shape index (κ2) is 13.4. The number of aromatic hydroxyl groups is 2. The number of carbonyl (C=O) groups excluding carboxylic acids is 5. The number of ether oxygens (including phenoxy) is 5. The summed E-state index contributed by atoms with van der Waals surface area (Å²) in [4.78, 5) is 77.5. The van der Waals surface area contributed by atoms with Crippen LogP contribution in [0, 0.1) is 6.92 Å². The first-order valence-electron chi connectivity index (χ1n) is 17.6. The molecule has 0 saturated carbocycles. The van der Waals surface area contributed by atoms with Crippen molar-refractivity contribution >= 4 is 34.8 Å². The van der Waals surface area contributed by atoms with Gasteiger partial charge in [-0.3, -0.25) is 29.0 Å². The van der Waals surface area contributed by atoms with Gasteiger partial charge in [0.05, 0.1) is 41.0 Å². The molecule has 2 aliphatic heterocycles. The summed E-state index contributed by atoms with van der Waals surface area (Å²) in [6, 6.07) is 2.52. The number of carbonyl (C=O) groups is 5. The maximum absolute atomic E-state index is 15.1. The third-order valence-electron chi connectivity index (χ3n) is 11.7. The molecule has 2 saturated heterocycles. The lowest BCUT2D eigenvalue weighted by Crippen LogP contribution is -2.73. The highest BCUT2D eigenvalue weighted by molar-refractivity contribution is 6.53. The van der Waals surface area contributed by atoms with E-state index in [1.165, 1.54) is 20.3 Å². The van der Waals surface area contributed by atoms with E-state index in [0.717, 1.165) is 33.1 Å². The molecule has 54 heavy (non-hydrogen) atoms. The van der Waals surface area contributed by atoms with Crippen LogP contribution in [0.1, 0.15) is 94.7 Å². The standard InChI is InChI=1S/C38H42N2O14/c1-15-11-17-12-22(42)37(52-5)34(48)25-19(33(47)38(37,53-6)26(17)29(45)23(15)36(49)40-9-7-8-10-40)13-18-24(28(25)44)21(41)14-20(27(18)43)39-35-32(51-4)30(46)31(50-3)16(2)54-35/h11,13,16,22,30-32,35,42,44-46H,7-10,12,14H2,1-6H3. The molecule has 2 aromatic rings. The molecule has 0 spiro atoms. The Morgan fingerprint density at radius 1 is 0.907 bits per heavy atom. The third-order valence-corrected chi connectivity index (χ3v) is 11.7. The Bertz CT molecular complexity index is 2040. The van der Waals surface area contributed by atoms with Crippen molar-refractivity contribution in [3.05, 3.63) is 56.6 Å². The minimum atomic E-state index is -2.65. The van der Waals surface area contributed by atoms with Gasteiger partial charge in [-0.05, 0) is 43.9 Å². The molecule has 288 valence electrons. The third kappa shape index (κ3) is 4.87. The predicted molar refractivity (Wildman–Crippen MR) is 186 cm³/mol. The van der Waals surface area contributed by atoms with Crippen LogP contribution in [0.3, 0.4) is 0 Å². The average molecular weight is 751 g/mol. The van der Waals surface area contributed by atoms with Crippen LogP contribution in [0.4, 0.5) is 0 Å². The Morgan fingerprint density at radius 3 is 2.19 bits per heavy atom. The number of phenolic OH excluding ortho intramolecular Hbond substituents is 2. The Balaban J connectivity index is 1.41. The van der Waals surface area contributed by atoms with Gasteiger partial charge in [0, 0.05) is 64.6 Å². The molecule has 16 nitrogen and oxygen atoms in total. The molecule has 5 aliphatic rings. The van der Waals surface area contributed by atoms with Crippen molar-refractivity contribution in [2.75, 3.05) is 41.5 Å². The lowest BCUT2D eigenvalue weighted by atomic mass is 9.56. The topological polar surface area (TPSA) is 228 Å². The number of phenols is 2. The number of fused-ring (bicyclic) bond motifs is 5. The molecule has 3 aliphatic carbocycles. The molecule has 7 rings (SSSR count). The maximum Gasteiger partial charge on any atom is 0.257 e. The van der Waals surface area contributed by atoms with Crippen molar-refractivity contribution in [2.24, 2.45) is 4.99 Å². The van der Waals surface area contributed by atoms with Crippen LogP contribution in [0.15, 0.2) is 17.1 Å². The summed E-state index contributed by atoms with van der Waals surface area (Å²) in [5.74, 6) is -6.07. The van der Waals surface area contributed by atoms with Gasteiger partial charge in [-0.1, -0.05) is 6.07 Å². The number of aliphatic hydroxyl groups is 2. The normalized spacial score (nSPS) is 32.7. The molecule has 2 fully saturated rings. The summed E-state index contributed by atoms with van der Waals surface area (Å²) in [5.41, 5.74) is -7.69. The van der Waals surface area contributed by atoms with E-state index in [-0.39, 0.29) is 28.8 Å². The van der Waals surface area contributed by atoms with Crippen molar-refractivity contribution in [1.82, 2.24) is 4.90 Å².